The minimum atomic E-state index is -0.105. The largest absolute Gasteiger partial charge is 0.491 e. The van der Waals surface area contributed by atoms with Crippen LogP contribution in [0.2, 0.25) is 0 Å². The van der Waals surface area contributed by atoms with Gasteiger partial charge < -0.3 is 20.3 Å². The van der Waals surface area contributed by atoms with Crippen molar-refractivity contribution in [2.24, 2.45) is 0 Å². The minimum Gasteiger partial charge on any atom is -0.491 e. The molecule has 2 aliphatic rings. The standard InChI is InChI=1S/C23H30N4O2/c28-23(25-20-17-19-7-4-5-10-22(19)29-18-20)24-11-6-12-26-13-15-27(16-14-26)21-8-2-1-3-9-21/h1-5,7-10,20H,6,11-18H2,(H2,24,25,28)/t20-/m0/s1. The Bertz CT molecular complexity index is 790. The van der Waals surface area contributed by atoms with Gasteiger partial charge in [-0.25, -0.2) is 4.79 Å². The second-order valence-electron chi connectivity index (χ2n) is 7.74. The second-order valence-corrected chi connectivity index (χ2v) is 7.74. The molecule has 1 saturated heterocycles. The summed E-state index contributed by atoms with van der Waals surface area (Å²) >= 11 is 0. The van der Waals surface area contributed by atoms with E-state index in [2.05, 4.69) is 56.8 Å². The minimum absolute atomic E-state index is 0.0240. The lowest BCUT2D eigenvalue weighted by atomic mass is 10.0. The van der Waals surface area contributed by atoms with E-state index in [1.807, 2.05) is 18.2 Å². The Morgan fingerprint density at radius 1 is 1.00 bits per heavy atom. The highest BCUT2D eigenvalue weighted by Gasteiger charge is 2.21. The molecule has 2 aliphatic heterocycles. The van der Waals surface area contributed by atoms with E-state index in [4.69, 9.17) is 4.74 Å². The molecule has 6 heteroatoms. The zero-order valence-electron chi connectivity index (χ0n) is 16.8. The van der Waals surface area contributed by atoms with Gasteiger partial charge in [-0.05, 0) is 43.1 Å². The number of hydrogen-bond donors (Lipinski definition) is 2. The summed E-state index contributed by atoms with van der Waals surface area (Å²) in [6.45, 7) is 6.48. The maximum Gasteiger partial charge on any atom is 0.315 e. The van der Waals surface area contributed by atoms with Crippen LogP contribution in [-0.4, -0.2) is 62.8 Å². The van der Waals surface area contributed by atoms with Crippen molar-refractivity contribution >= 4 is 11.7 Å². The monoisotopic (exact) mass is 394 g/mol. The molecule has 1 atom stereocenters. The molecule has 2 aromatic rings. The van der Waals surface area contributed by atoms with Gasteiger partial charge in [-0.1, -0.05) is 36.4 Å². The first-order chi connectivity index (χ1) is 14.3. The molecule has 0 unspecified atom stereocenters. The van der Waals surface area contributed by atoms with Gasteiger partial charge in [-0.2, -0.15) is 0 Å². The van der Waals surface area contributed by atoms with Gasteiger partial charge in [-0.15, -0.1) is 0 Å². The summed E-state index contributed by atoms with van der Waals surface area (Å²) in [5.41, 5.74) is 2.46. The highest BCUT2D eigenvalue weighted by Crippen LogP contribution is 2.23. The molecule has 1 fully saturated rings. The summed E-state index contributed by atoms with van der Waals surface area (Å²) in [5.74, 6) is 0.929. The van der Waals surface area contributed by atoms with Crippen molar-refractivity contribution < 1.29 is 9.53 Å². The molecule has 0 bridgehead atoms. The maximum atomic E-state index is 12.2. The Hall–Kier alpha value is -2.73. The summed E-state index contributed by atoms with van der Waals surface area (Å²) in [6.07, 6.45) is 1.78. The molecule has 0 saturated carbocycles. The number of nitrogens with zero attached hydrogens (tertiary/aromatic N) is 2. The molecule has 29 heavy (non-hydrogen) atoms. The van der Waals surface area contributed by atoms with Crippen molar-refractivity contribution in [3.05, 3.63) is 60.2 Å². The molecule has 0 aromatic heterocycles. The molecule has 2 aromatic carbocycles. The molecule has 2 amide bonds. The van der Waals surface area contributed by atoms with Crippen molar-refractivity contribution in [1.82, 2.24) is 15.5 Å². The average molecular weight is 395 g/mol. The average Bonchev–Trinajstić information content (AvgIpc) is 2.78. The predicted octanol–water partition coefficient (Wildman–Crippen LogP) is 2.50. The lowest BCUT2D eigenvalue weighted by Crippen LogP contribution is -2.48. The molecule has 4 rings (SSSR count). The van der Waals surface area contributed by atoms with Crippen LogP contribution in [0.3, 0.4) is 0 Å². The van der Waals surface area contributed by atoms with Gasteiger partial charge in [0.2, 0.25) is 0 Å². The number of ether oxygens (including phenoxy) is 1. The van der Waals surface area contributed by atoms with E-state index in [0.717, 1.165) is 56.9 Å². The van der Waals surface area contributed by atoms with Crippen molar-refractivity contribution in [1.29, 1.82) is 0 Å². The van der Waals surface area contributed by atoms with Crippen molar-refractivity contribution in [3.63, 3.8) is 0 Å². The molecule has 0 aliphatic carbocycles. The van der Waals surface area contributed by atoms with Crippen LogP contribution in [0, 0.1) is 0 Å². The summed E-state index contributed by atoms with van der Waals surface area (Å²) in [4.78, 5) is 17.1. The van der Waals surface area contributed by atoms with Gasteiger partial charge >= 0.3 is 6.03 Å². The SMILES string of the molecule is O=C(NCCCN1CCN(c2ccccc2)CC1)N[C@@H]1COc2ccccc2C1. The number of carbonyl (C=O) groups is 1. The third-order valence-electron chi connectivity index (χ3n) is 5.64. The normalized spacial score (nSPS) is 19.2. The van der Waals surface area contributed by atoms with E-state index in [1.165, 1.54) is 5.69 Å². The van der Waals surface area contributed by atoms with Gasteiger partial charge in [-0.3, -0.25) is 4.90 Å². The summed E-state index contributed by atoms with van der Waals surface area (Å²) < 4.78 is 5.73. The third kappa shape index (κ3) is 5.41. The topological polar surface area (TPSA) is 56.8 Å². The van der Waals surface area contributed by atoms with Gasteiger partial charge in [0.05, 0.1) is 6.04 Å². The van der Waals surface area contributed by atoms with Crippen LogP contribution in [-0.2, 0) is 6.42 Å². The number of hydrogen-bond acceptors (Lipinski definition) is 4. The predicted molar refractivity (Wildman–Crippen MR) is 116 cm³/mol. The Kier molecular flexibility index (Phi) is 6.52. The van der Waals surface area contributed by atoms with E-state index in [9.17, 15) is 4.79 Å². The highest BCUT2D eigenvalue weighted by molar-refractivity contribution is 5.74. The lowest BCUT2D eigenvalue weighted by Gasteiger charge is -2.36. The van der Waals surface area contributed by atoms with E-state index in [1.54, 1.807) is 0 Å². The van der Waals surface area contributed by atoms with Crippen LogP contribution < -0.4 is 20.3 Å². The summed E-state index contributed by atoms with van der Waals surface area (Å²) in [5, 5.41) is 6.01. The fourth-order valence-corrected chi connectivity index (χ4v) is 4.03. The Labute approximate surface area is 172 Å². The molecular weight excluding hydrogens is 364 g/mol. The quantitative estimate of drug-likeness (QED) is 0.740. The number of urea groups is 1. The van der Waals surface area contributed by atoms with Gasteiger partial charge in [0, 0.05) is 38.4 Å². The molecule has 0 radical (unpaired) electrons. The first-order valence-corrected chi connectivity index (χ1v) is 10.6. The molecule has 2 heterocycles. The number of carbonyl (C=O) groups excluding carboxylic acids is 1. The van der Waals surface area contributed by atoms with E-state index in [0.29, 0.717) is 13.2 Å². The summed E-state index contributed by atoms with van der Waals surface area (Å²) in [7, 11) is 0. The molecule has 2 N–H and O–H groups in total. The number of benzene rings is 2. The zero-order valence-corrected chi connectivity index (χ0v) is 16.8. The zero-order chi connectivity index (χ0) is 19.9. The second kappa shape index (κ2) is 9.65. The van der Waals surface area contributed by atoms with Crippen molar-refractivity contribution in [2.75, 3.05) is 50.8 Å². The number of rotatable bonds is 6. The van der Waals surface area contributed by atoms with E-state index in [-0.39, 0.29) is 12.1 Å². The number of amides is 2. The van der Waals surface area contributed by atoms with Crippen LogP contribution in [0.1, 0.15) is 12.0 Å². The van der Waals surface area contributed by atoms with E-state index >= 15 is 0 Å². The molecule has 0 spiro atoms. The van der Waals surface area contributed by atoms with Gasteiger partial charge in [0.1, 0.15) is 12.4 Å². The van der Waals surface area contributed by atoms with Crippen LogP contribution in [0.15, 0.2) is 54.6 Å². The third-order valence-corrected chi connectivity index (χ3v) is 5.64. The molecule has 154 valence electrons. The molecule has 6 nitrogen and oxygen atoms in total. The number of nitrogens with one attached hydrogen (secondary N) is 2. The lowest BCUT2D eigenvalue weighted by molar-refractivity contribution is 0.213. The Morgan fingerprint density at radius 3 is 2.59 bits per heavy atom. The smallest absolute Gasteiger partial charge is 0.315 e. The number of anilines is 1. The van der Waals surface area contributed by atoms with Gasteiger partial charge in [0.25, 0.3) is 0 Å². The summed E-state index contributed by atoms with van der Waals surface area (Å²) in [6, 6.07) is 18.5. The Balaban J connectivity index is 1.10. The highest BCUT2D eigenvalue weighted by atomic mass is 16.5. The van der Waals surface area contributed by atoms with Gasteiger partial charge in [0.15, 0.2) is 0 Å². The Morgan fingerprint density at radius 2 is 1.76 bits per heavy atom. The van der Waals surface area contributed by atoms with Crippen LogP contribution >= 0.6 is 0 Å². The van der Waals surface area contributed by atoms with Crippen LogP contribution in [0.5, 0.6) is 5.75 Å². The molecular formula is C23H30N4O2. The number of piperazine rings is 1. The van der Waals surface area contributed by atoms with Crippen LogP contribution in [0.4, 0.5) is 10.5 Å². The van der Waals surface area contributed by atoms with Crippen LogP contribution in [0.25, 0.3) is 0 Å². The van der Waals surface area contributed by atoms with Crippen molar-refractivity contribution in [3.8, 4) is 5.75 Å². The number of fused-ring (bicyclic) bond motifs is 1. The van der Waals surface area contributed by atoms with Crippen molar-refractivity contribution in [2.45, 2.75) is 18.9 Å². The number of para-hydroxylation sites is 2. The van der Waals surface area contributed by atoms with E-state index < -0.39 is 0 Å². The first-order valence-electron chi connectivity index (χ1n) is 10.6. The fraction of sp³-hybridized carbons (Fsp3) is 0.435. The first kappa shape index (κ1) is 19.6. The fourth-order valence-electron chi connectivity index (χ4n) is 4.03. The maximum absolute atomic E-state index is 12.2.